The Morgan fingerprint density at radius 2 is 0.564 bits per heavy atom. The largest absolute Gasteiger partial charge is 0.308 e. The minimum atomic E-state index is 0.529. The molecule has 3 heterocycles. The highest BCUT2D eigenvalue weighted by Gasteiger charge is 2.26. The number of hydrogen-bond acceptors (Lipinski definition) is 4. The van der Waals surface area contributed by atoms with E-state index in [0.29, 0.717) is 23.0 Å². The van der Waals surface area contributed by atoms with E-state index >= 15 is 0 Å². The monoisotopic (exact) mass is 1010 g/mol. The van der Waals surface area contributed by atoms with Gasteiger partial charge in [-0.05, 0) is 222 Å². The lowest BCUT2D eigenvalue weighted by Crippen LogP contribution is -2.07. The van der Waals surface area contributed by atoms with Crippen LogP contribution in [0.15, 0.2) is 133 Å². The van der Waals surface area contributed by atoms with Gasteiger partial charge in [-0.3, -0.25) is 0 Å². The fraction of sp³-hybridized carbons (Fsp3) is 0.194. The van der Waals surface area contributed by atoms with Gasteiger partial charge in [0, 0.05) is 27.1 Å². The van der Waals surface area contributed by atoms with Crippen molar-refractivity contribution in [1.82, 2.24) is 24.1 Å². The molecule has 0 aliphatic carbocycles. The minimum Gasteiger partial charge on any atom is -0.308 e. The predicted molar refractivity (Wildman–Crippen MR) is 327 cm³/mol. The number of hydrogen-bond donors (Lipinski definition) is 0. The number of nitriles is 1. The molecule has 12 rings (SSSR count). The molecule has 0 radical (unpaired) electrons. The number of benzene rings is 9. The Bertz CT molecular complexity index is 4010. The first kappa shape index (κ1) is 49.9. The third-order valence-corrected chi connectivity index (χ3v) is 16.2. The van der Waals surface area contributed by atoms with Crippen molar-refractivity contribution in [2.45, 2.75) is 96.9 Å². The van der Waals surface area contributed by atoms with Crippen molar-refractivity contribution in [3.8, 4) is 73.3 Å². The maximum absolute atomic E-state index is 12.2. The van der Waals surface area contributed by atoms with Gasteiger partial charge in [0.1, 0.15) is 23.3 Å². The molecule has 9 aromatic carbocycles. The second-order valence-corrected chi connectivity index (χ2v) is 22.4. The molecule has 0 atom stereocenters. The molecular weight excluding hydrogens is 949 g/mol. The Labute approximate surface area is 458 Å². The van der Waals surface area contributed by atoms with Crippen LogP contribution >= 0.6 is 0 Å². The van der Waals surface area contributed by atoms with E-state index < -0.39 is 0 Å². The van der Waals surface area contributed by atoms with Crippen molar-refractivity contribution in [2.24, 2.45) is 0 Å². The predicted octanol–water partition coefficient (Wildman–Crippen LogP) is 18.6. The fourth-order valence-corrected chi connectivity index (χ4v) is 13.7. The Morgan fingerprint density at radius 3 is 0.808 bits per heavy atom. The standard InChI is InChI=1S/C72H64N6/c1-38-23-42(5)68(43(6)24-38)52-15-19-57-58-20-16-53(69-44(7)25-39(2)26-45(69)8)32-63(58)77(62(57)31-52)66-35-56(72-75-50(13)74-51(14)76-72)36-67(61(66)37-73)78-64-33-54(70-46(9)27-40(3)28-47(70)10)17-21-59(64)60-22-18-55(34-65(60)78)71-48(11)29-41(4)30-49(71)12/h15-36H,1-14H3. The lowest BCUT2D eigenvalue weighted by atomic mass is 9.92. The van der Waals surface area contributed by atoms with Crippen LogP contribution in [-0.2, 0) is 0 Å². The maximum atomic E-state index is 12.2. The van der Waals surface area contributed by atoms with E-state index in [2.05, 4.69) is 237 Å². The van der Waals surface area contributed by atoms with Gasteiger partial charge in [-0.2, -0.15) is 5.26 Å². The molecule has 6 heteroatoms. The summed E-state index contributed by atoms with van der Waals surface area (Å²) in [5.41, 5.74) is 30.9. The summed E-state index contributed by atoms with van der Waals surface area (Å²) < 4.78 is 4.70. The summed E-state index contributed by atoms with van der Waals surface area (Å²) in [5, 5.41) is 16.6. The summed E-state index contributed by atoms with van der Waals surface area (Å²) in [6.45, 7) is 30.2. The molecule has 0 N–H and O–H groups in total. The van der Waals surface area contributed by atoms with E-state index in [-0.39, 0.29) is 0 Å². The first-order valence-corrected chi connectivity index (χ1v) is 27.1. The molecule has 0 aliphatic heterocycles. The summed E-state index contributed by atoms with van der Waals surface area (Å²) in [7, 11) is 0. The van der Waals surface area contributed by atoms with E-state index in [9.17, 15) is 5.26 Å². The molecule has 12 aromatic rings. The van der Waals surface area contributed by atoms with Gasteiger partial charge in [-0.15, -0.1) is 0 Å². The van der Waals surface area contributed by atoms with Crippen molar-refractivity contribution >= 4 is 43.6 Å². The molecule has 0 fully saturated rings. The Balaban J connectivity index is 1.26. The number of nitrogens with zero attached hydrogens (tertiary/aromatic N) is 6. The molecule has 0 bridgehead atoms. The van der Waals surface area contributed by atoms with Gasteiger partial charge < -0.3 is 9.13 Å². The van der Waals surface area contributed by atoms with Gasteiger partial charge in [0.2, 0.25) is 0 Å². The van der Waals surface area contributed by atoms with Crippen LogP contribution in [0, 0.1) is 108 Å². The van der Waals surface area contributed by atoms with Gasteiger partial charge in [0.25, 0.3) is 0 Å². The molecule has 0 spiro atoms. The normalized spacial score (nSPS) is 11.7. The minimum absolute atomic E-state index is 0.529. The highest BCUT2D eigenvalue weighted by molar-refractivity contribution is 6.13. The van der Waals surface area contributed by atoms with Gasteiger partial charge >= 0.3 is 0 Å². The van der Waals surface area contributed by atoms with Crippen LogP contribution in [0.1, 0.15) is 84.0 Å². The zero-order chi connectivity index (χ0) is 54.7. The zero-order valence-electron chi connectivity index (χ0n) is 47.4. The van der Waals surface area contributed by atoms with Crippen LogP contribution in [0.25, 0.3) is 111 Å². The molecule has 3 aromatic heterocycles. The SMILES string of the molecule is Cc1cc(C)c(-c2ccc3c4ccc(-c5c(C)cc(C)cc5C)cc4n(-c4cc(-c5nc(C)nc(C)n5)cc(-n5c6cc(-c7c(C)cc(C)cc7C)ccc6c6ccc(-c7c(C)cc(C)cc7C)cc65)c4C#N)c3c2)c(C)c1. The van der Waals surface area contributed by atoms with Crippen LogP contribution in [0.5, 0.6) is 0 Å². The molecule has 0 aliphatic rings. The fourth-order valence-electron chi connectivity index (χ4n) is 13.7. The quantitative estimate of drug-likeness (QED) is 0.159. The number of rotatable bonds is 7. The van der Waals surface area contributed by atoms with Crippen molar-refractivity contribution in [3.05, 3.63) is 217 Å². The van der Waals surface area contributed by atoms with Gasteiger partial charge in [-0.25, -0.2) is 15.0 Å². The van der Waals surface area contributed by atoms with Gasteiger partial charge in [-0.1, -0.05) is 119 Å². The summed E-state index contributed by atoms with van der Waals surface area (Å²) in [6, 6.07) is 52.9. The van der Waals surface area contributed by atoms with Gasteiger partial charge in [0.15, 0.2) is 5.82 Å². The van der Waals surface area contributed by atoms with E-state index in [1.165, 1.54) is 89.0 Å². The molecular formula is C72H64N6. The Kier molecular flexibility index (Phi) is 12.0. The summed E-state index contributed by atoms with van der Waals surface area (Å²) in [4.78, 5) is 14.8. The first-order valence-electron chi connectivity index (χ1n) is 27.1. The number of aryl methyl sites for hydroxylation is 14. The lowest BCUT2D eigenvalue weighted by molar-refractivity contribution is 0.927. The average Bonchev–Trinajstić information content (AvgIpc) is 4.08. The average molecular weight is 1010 g/mol. The maximum Gasteiger partial charge on any atom is 0.163 e. The smallest absolute Gasteiger partial charge is 0.163 e. The first-order chi connectivity index (χ1) is 37.3. The second kappa shape index (κ2) is 18.7. The molecule has 0 unspecified atom stereocenters. The van der Waals surface area contributed by atoms with Gasteiger partial charge in [0.05, 0.1) is 33.4 Å². The molecule has 0 saturated carbocycles. The van der Waals surface area contributed by atoms with E-state index in [0.717, 1.165) is 82.8 Å². The van der Waals surface area contributed by atoms with Crippen molar-refractivity contribution in [2.75, 3.05) is 0 Å². The molecule has 0 amide bonds. The third-order valence-electron chi connectivity index (χ3n) is 16.2. The number of fused-ring (bicyclic) bond motifs is 6. The molecule has 78 heavy (non-hydrogen) atoms. The van der Waals surface area contributed by atoms with Crippen molar-refractivity contribution < 1.29 is 0 Å². The Morgan fingerprint density at radius 1 is 0.308 bits per heavy atom. The highest BCUT2D eigenvalue weighted by Crippen LogP contribution is 2.45. The Hall–Kier alpha value is -8.92. The summed E-state index contributed by atoms with van der Waals surface area (Å²) >= 11 is 0. The molecule has 0 saturated heterocycles. The second-order valence-electron chi connectivity index (χ2n) is 22.4. The topological polar surface area (TPSA) is 72.3 Å². The lowest BCUT2D eigenvalue weighted by Gasteiger charge is -2.19. The molecule has 382 valence electrons. The highest BCUT2D eigenvalue weighted by atomic mass is 15.0. The summed E-state index contributed by atoms with van der Waals surface area (Å²) in [6.07, 6.45) is 0. The van der Waals surface area contributed by atoms with Crippen molar-refractivity contribution in [1.29, 1.82) is 5.26 Å². The van der Waals surface area contributed by atoms with Crippen LogP contribution in [-0.4, -0.2) is 24.1 Å². The van der Waals surface area contributed by atoms with E-state index in [1.807, 2.05) is 13.8 Å². The van der Waals surface area contributed by atoms with Crippen LogP contribution < -0.4 is 0 Å². The third kappa shape index (κ3) is 8.19. The van der Waals surface area contributed by atoms with E-state index in [4.69, 9.17) is 9.97 Å². The zero-order valence-corrected chi connectivity index (χ0v) is 47.4. The molecule has 6 nitrogen and oxygen atoms in total. The van der Waals surface area contributed by atoms with Crippen LogP contribution in [0.3, 0.4) is 0 Å². The van der Waals surface area contributed by atoms with Crippen LogP contribution in [0.4, 0.5) is 0 Å². The van der Waals surface area contributed by atoms with Crippen LogP contribution in [0.2, 0.25) is 0 Å². The van der Waals surface area contributed by atoms with E-state index in [1.54, 1.807) is 0 Å². The number of aromatic nitrogens is 5. The van der Waals surface area contributed by atoms with Crippen molar-refractivity contribution in [3.63, 3.8) is 0 Å². The summed E-state index contributed by atoms with van der Waals surface area (Å²) in [5.74, 6) is 1.80.